The van der Waals surface area contributed by atoms with Gasteiger partial charge in [-0.1, -0.05) is 35.9 Å². The van der Waals surface area contributed by atoms with Gasteiger partial charge in [0.1, 0.15) is 11.6 Å². The molecule has 144 valence electrons. The van der Waals surface area contributed by atoms with Gasteiger partial charge in [0, 0.05) is 35.8 Å². The molecule has 1 aromatic heterocycles. The van der Waals surface area contributed by atoms with Crippen molar-refractivity contribution in [1.82, 2.24) is 9.88 Å². The van der Waals surface area contributed by atoms with Gasteiger partial charge in [-0.3, -0.25) is 4.79 Å². The van der Waals surface area contributed by atoms with E-state index in [2.05, 4.69) is 23.2 Å². The van der Waals surface area contributed by atoms with E-state index in [1.165, 1.54) is 34.7 Å². The molecule has 0 saturated heterocycles. The first-order valence-electron chi connectivity index (χ1n) is 9.23. The molecule has 1 aliphatic heterocycles. The lowest BCUT2D eigenvalue weighted by atomic mass is 9.99. The third-order valence-corrected chi connectivity index (χ3v) is 5.26. The molecule has 1 N–H and O–H groups in total. The van der Waals surface area contributed by atoms with Crippen molar-refractivity contribution in [2.24, 2.45) is 0 Å². The van der Waals surface area contributed by atoms with Gasteiger partial charge in [-0.15, -0.1) is 0 Å². The van der Waals surface area contributed by atoms with Gasteiger partial charge in [-0.05, 0) is 36.3 Å². The van der Waals surface area contributed by atoms with Crippen LogP contribution in [0.5, 0.6) is 5.75 Å². The van der Waals surface area contributed by atoms with Crippen molar-refractivity contribution >= 4 is 34.0 Å². The molecular formula is C22H20ClFN2O2. The van der Waals surface area contributed by atoms with E-state index in [4.69, 9.17) is 16.3 Å². The largest absolute Gasteiger partial charge is 0.491 e. The lowest BCUT2D eigenvalue weighted by Crippen LogP contribution is -2.35. The fraction of sp³-hybridized carbons (Fsp3) is 0.227. The molecule has 0 aliphatic carbocycles. The number of amides is 1. The summed E-state index contributed by atoms with van der Waals surface area (Å²) in [4.78, 5) is 17.6. The molecule has 28 heavy (non-hydrogen) atoms. The number of rotatable bonds is 5. The average molecular weight is 399 g/mol. The van der Waals surface area contributed by atoms with Crippen LogP contribution in [0.25, 0.3) is 16.5 Å². The van der Waals surface area contributed by atoms with Crippen molar-refractivity contribution in [3.05, 3.63) is 71.1 Å². The van der Waals surface area contributed by atoms with Crippen LogP contribution < -0.4 is 4.74 Å². The molecule has 0 atom stereocenters. The van der Waals surface area contributed by atoms with Crippen LogP contribution in [0.2, 0.25) is 5.02 Å². The number of carbonyl (C=O) groups excluding carboxylic acids is 1. The van der Waals surface area contributed by atoms with E-state index in [1.807, 2.05) is 23.2 Å². The number of halogens is 2. The highest BCUT2D eigenvalue weighted by Gasteiger charge is 2.19. The highest BCUT2D eigenvalue weighted by Crippen LogP contribution is 2.29. The van der Waals surface area contributed by atoms with E-state index in [0.717, 1.165) is 11.9 Å². The number of aromatic amines is 1. The summed E-state index contributed by atoms with van der Waals surface area (Å²) in [5, 5.41) is 1.41. The van der Waals surface area contributed by atoms with Gasteiger partial charge in [-0.25, -0.2) is 4.39 Å². The quantitative estimate of drug-likeness (QED) is 0.654. The first-order valence-corrected chi connectivity index (χ1v) is 9.61. The van der Waals surface area contributed by atoms with E-state index in [9.17, 15) is 9.18 Å². The Morgan fingerprint density at radius 2 is 2.11 bits per heavy atom. The standard InChI is InChI=1S/C22H20ClFN2O2/c23-19-13-16(24)5-6-21(19)28-12-9-22(27)26-10-7-15(8-11-26)18-14-25-20-4-2-1-3-17(18)20/h1-7,13-14,25H,8-12H2. The molecular weight excluding hydrogens is 379 g/mol. The number of para-hydroxylation sites is 1. The van der Waals surface area contributed by atoms with Gasteiger partial charge in [0.05, 0.1) is 18.1 Å². The zero-order valence-corrected chi connectivity index (χ0v) is 16.0. The van der Waals surface area contributed by atoms with Crippen LogP contribution in [0.3, 0.4) is 0 Å². The van der Waals surface area contributed by atoms with Crippen LogP contribution in [0.1, 0.15) is 18.4 Å². The van der Waals surface area contributed by atoms with Crippen LogP contribution >= 0.6 is 11.6 Å². The summed E-state index contributed by atoms with van der Waals surface area (Å²) in [6.45, 7) is 1.48. The number of nitrogens with one attached hydrogen (secondary N) is 1. The van der Waals surface area contributed by atoms with Crippen molar-refractivity contribution in [2.45, 2.75) is 12.8 Å². The van der Waals surface area contributed by atoms with Gasteiger partial charge in [0.25, 0.3) is 0 Å². The molecule has 3 aromatic rings. The van der Waals surface area contributed by atoms with Crippen molar-refractivity contribution in [1.29, 1.82) is 0 Å². The molecule has 4 nitrogen and oxygen atoms in total. The van der Waals surface area contributed by atoms with E-state index < -0.39 is 5.82 Å². The first-order chi connectivity index (χ1) is 13.6. The normalized spacial score (nSPS) is 14.2. The Balaban J connectivity index is 1.33. The van der Waals surface area contributed by atoms with E-state index in [1.54, 1.807) is 0 Å². The molecule has 2 aromatic carbocycles. The summed E-state index contributed by atoms with van der Waals surface area (Å²) in [6.07, 6.45) is 5.23. The highest BCUT2D eigenvalue weighted by atomic mass is 35.5. The second-order valence-corrected chi connectivity index (χ2v) is 7.15. The van der Waals surface area contributed by atoms with E-state index in [0.29, 0.717) is 18.8 Å². The molecule has 0 spiro atoms. The van der Waals surface area contributed by atoms with Crippen LogP contribution in [0.15, 0.2) is 54.7 Å². The van der Waals surface area contributed by atoms with Gasteiger partial charge >= 0.3 is 0 Å². The lowest BCUT2D eigenvalue weighted by Gasteiger charge is -2.26. The van der Waals surface area contributed by atoms with Crippen LogP contribution in [-0.4, -0.2) is 35.5 Å². The van der Waals surface area contributed by atoms with Crippen molar-refractivity contribution in [3.63, 3.8) is 0 Å². The predicted molar refractivity (Wildman–Crippen MR) is 109 cm³/mol. The molecule has 1 amide bonds. The summed E-state index contributed by atoms with van der Waals surface area (Å²) in [7, 11) is 0. The minimum atomic E-state index is -0.417. The summed E-state index contributed by atoms with van der Waals surface area (Å²) >= 11 is 5.93. The van der Waals surface area contributed by atoms with Crippen LogP contribution in [0.4, 0.5) is 4.39 Å². The highest BCUT2D eigenvalue weighted by molar-refractivity contribution is 6.32. The zero-order chi connectivity index (χ0) is 19.5. The maximum atomic E-state index is 13.1. The third-order valence-electron chi connectivity index (χ3n) is 4.96. The van der Waals surface area contributed by atoms with Gasteiger partial charge in [0.15, 0.2) is 0 Å². The Hall–Kier alpha value is -2.79. The van der Waals surface area contributed by atoms with Gasteiger partial charge in [0.2, 0.25) is 5.91 Å². The minimum absolute atomic E-state index is 0.0347. The number of carbonyl (C=O) groups is 1. The number of aromatic nitrogens is 1. The average Bonchev–Trinajstić information content (AvgIpc) is 3.14. The molecule has 4 rings (SSSR count). The number of fused-ring (bicyclic) bond motifs is 1. The lowest BCUT2D eigenvalue weighted by molar-refractivity contribution is -0.131. The summed E-state index contributed by atoms with van der Waals surface area (Å²) in [5.74, 6) is 0.00280. The van der Waals surface area contributed by atoms with Gasteiger partial charge in [-0.2, -0.15) is 0 Å². The second kappa shape index (κ2) is 8.07. The minimum Gasteiger partial charge on any atom is -0.491 e. The second-order valence-electron chi connectivity index (χ2n) is 6.74. The number of ether oxygens (including phenoxy) is 1. The molecule has 0 bridgehead atoms. The van der Waals surface area contributed by atoms with Crippen molar-refractivity contribution < 1.29 is 13.9 Å². The van der Waals surface area contributed by atoms with E-state index in [-0.39, 0.29) is 24.0 Å². The fourth-order valence-corrected chi connectivity index (χ4v) is 3.70. The summed E-state index contributed by atoms with van der Waals surface area (Å²) in [5.41, 5.74) is 3.58. The monoisotopic (exact) mass is 398 g/mol. The Labute approximate surface area is 167 Å². The third kappa shape index (κ3) is 3.90. The molecule has 0 radical (unpaired) electrons. The maximum Gasteiger partial charge on any atom is 0.226 e. The maximum absolute atomic E-state index is 13.1. The molecule has 0 saturated carbocycles. The van der Waals surface area contributed by atoms with E-state index >= 15 is 0 Å². The molecule has 2 heterocycles. The fourth-order valence-electron chi connectivity index (χ4n) is 3.48. The topological polar surface area (TPSA) is 45.3 Å². The number of nitrogens with zero attached hydrogens (tertiary/aromatic N) is 1. The molecule has 6 heteroatoms. The number of hydrogen-bond donors (Lipinski definition) is 1. The summed E-state index contributed by atoms with van der Waals surface area (Å²) < 4.78 is 18.6. The van der Waals surface area contributed by atoms with Crippen LogP contribution in [-0.2, 0) is 4.79 Å². The Morgan fingerprint density at radius 1 is 1.25 bits per heavy atom. The molecule has 1 aliphatic rings. The first kappa shape index (κ1) is 18.6. The van der Waals surface area contributed by atoms with Crippen molar-refractivity contribution in [3.8, 4) is 5.75 Å². The van der Waals surface area contributed by atoms with Crippen LogP contribution in [0, 0.1) is 5.82 Å². The summed E-state index contributed by atoms with van der Waals surface area (Å²) in [6, 6.07) is 12.2. The Morgan fingerprint density at radius 3 is 2.89 bits per heavy atom. The Bertz CT molecular complexity index is 1040. The Kier molecular flexibility index (Phi) is 5.35. The SMILES string of the molecule is O=C(CCOc1ccc(F)cc1Cl)N1CC=C(c2c[nH]c3ccccc23)CC1. The number of benzene rings is 2. The molecule has 0 fully saturated rings. The smallest absolute Gasteiger partial charge is 0.226 e. The predicted octanol–water partition coefficient (Wildman–Crippen LogP) is 5.05. The van der Waals surface area contributed by atoms with Crippen molar-refractivity contribution in [2.75, 3.05) is 19.7 Å². The van der Waals surface area contributed by atoms with Gasteiger partial charge < -0.3 is 14.6 Å². The number of hydrogen-bond acceptors (Lipinski definition) is 2. The zero-order valence-electron chi connectivity index (χ0n) is 15.3. The molecule has 0 unspecified atom stereocenters. The number of H-pyrrole nitrogens is 1.